The number of likely N-dealkylation sites (N-methyl/N-ethyl adjacent to an activating group) is 1. The number of nitrogens with one attached hydrogen (secondary N) is 1. The van der Waals surface area contributed by atoms with Crippen molar-refractivity contribution < 1.29 is 0 Å². The average Bonchev–Trinajstić information content (AvgIpc) is 2.28. The third-order valence-corrected chi connectivity index (χ3v) is 4.39. The largest absolute Gasteiger partial charge is 0.366 e. The summed E-state index contributed by atoms with van der Waals surface area (Å²) in [7, 11) is 1.99. The van der Waals surface area contributed by atoms with Gasteiger partial charge in [-0.25, -0.2) is 0 Å². The van der Waals surface area contributed by atoms with Crippen molar-refractivity contribution in [1.29, 1.82) is 0 Å². The van der Waals surface area contributed by atoms with Crippen LogP contribution in [0.15, 0.2) is 23.1 Å². The van der Waals surface area contributed by atoms with Crippen LogP contribution in [0.25, 0.3) is 0 Å². The van der Waals surface area contributed by atoms with E-state index in [4.69, 9.17) is 11.6 Å². The summed E-state index contributed by atoms with van der Waals surface area (Å²) in [5, 5.41) is 4.02. The summed E-state index contributed by atoms with van der Waals surface area (Å²) in [6.45, 7) is 4.30. The summed E-state index contributed by atoms with van der Waals surface area (Å²) in [4.78, 5) is 3.78. The van der Waals surface area contributed by atoms with Gasteiger partial charge in [0.05, 0.1) is 5.69 Å². The maximum absolute atomic E-state index is 6.07. The summed E-state index contributed by atoms with van der Waals surface area (Å²) in [5.41, 5.74) is 1.28. The van der Waals surface area contributed by atoms with Crippen molar-refractivity contribution in [1.82, 2.24) is 5.32 Å². The first-order valence-electron chi connectivity index (χ1n) is 5.56. The van der Waals surface area contributed by atoms with Crippen molar-refractivity contribution in [2.45, 2.75) is 17.9 Å². The first kappa shape index (κ1) is 12.1. The van der Waals surface area contributed by atoms with Crippen molar-refractivity contribution in [3.8, 4) is 0 Å². The lowest BCUT2D eigenvalue weighted by molar-refractivity contribution is 0.648. The maximum Gasteiger partial charge on any atom is 0.0522 e. The molecule has 4 heteroatoms. The van der Waals surface area contributed by atoms with Crippen LogP contribution >= 0.6 is 23.4 Å². The molecule has 0 bridgehead atoms. The first-order chi connectivity index (χ1) is 7.72. The molecule has 0 amide bonds. The number of benzene rings is 1. The Bertz CT molecular complexity index is 370. The van der Waals surface area contributed by atoms with Gasteiger partial charge in [-0.05, 0) is 32.2 Å². The predicted octanol–water partition coefficient (Wildman–Crippen LogP) is 2.86. The lowest BCUT2D eigenvalue weighted by Crippen LogP contribution is -2.41. The maximum atomic E-state index is 6.07. The van der Waals surface area contributed by atoms with Gasteiger partial charge < -0.3 is 10.2 Å². The van der Waals surface area contributed by atoms with E-state index in [0.29, 0.717) is 6.04 Å². The Morgan fingerprint density at radius 1 is 1.56 bits per heavy atom. The summed E-state index contributed by atoms with van der Waals surface area (Å²) >= 11 is 7.99. The summed E-state index contributed by atoms with van der Waals surface area (Å²) < 4.78 is 0. The second-order valence-corrected chi connectivity index (χ2v) is 5.57. The van der Waals surface area contributed by atoms with Crippen LogP contribution in [0, 0.1) is 0 Å². The van der Waals surface area contributed by atoms with E-state index in [2.05, 4.69) is 29.3 Å². The number of rotatable bonds is 3. The fourth-order valence-electron chi connectivity index (χ4n) is 1.95. The average molecular weight is 257 g/mol. The van der Waals surface area contributed by atoms with Gasteiger partial charge in [-0.1, -0.05) is 11.6 Å². The fraction of sp³-hybridized carbons (Fsp3) is 0.500. The molecule has 0 spiro atoms. The molecule has 1 atom stereocenters. The van der Waals surface area contributed by atoms with Crippen LogP contribution < -0.4 is 10.2 Å². The Morgan fingerprint density at radius 3 is 3.12 bits per heavy atom. The number of thioether (sulfide) groups is 1. The summed E-state index contributed by atoms with van der Waals surface area (Å²) in [6.07, 6.45) is 0. The van der Waals surface area contributed by atoms with E-state index in [-0.39, 0.29) is 0 Å². The molecule has 1 N–H and O–H groups in total. The van der Waals surface area contributed by atoms with Gasteiger partial charge in [0.15, 0.2) is 0 Å². The van der Waals surface area contributed by atoms with Gasteiger partial charge in [-0.15, -0.1) is 11.8 Å². The number of hydrogen-bond donors (Lipinski definition) is 1. The van der Waals surface area contributed by atoms with E-state index in [1.54, 1.807) is 0 Å². The second kappa shape index (κ2) is 5.30. The Kier molecular flexibility index (Phi) is 4.00. The van der Waals surface area contributed by atoms with Crippen LogP contribution in [0.4, 0.5) is 5.69 Å². The molecular weight excluding hydrogens is 240 g/mol. The van der Waals surface area contributed by atoms with Crippen LogP contribution in [-0.2, 0) is 0 Å². The molecule has 1 aliphatic heterocycles. The molecule has 0 saturated heterocycles. The molecule has 0 saturated carbocycles. The summed E-state index contributed by atoms with van der Waals surface area (Å²) in [5.74, 6) is 1.15. The molecule has 0 aliphatic carbocycles. The topological polar surface area (TPSA) is 15.3 Å². The Morgan fingerprint density at radius 2 is 2.38 bits per heavy atom. The van der Waals surface area contributed by atoms with Gasteiger partial charge in [0.1, 0.15) is 0 Å². The van der Waals surface area contributed by atoms with E-state index < -0.39 is 0 Å². The van der Waals surface area contributed by atoms with Crippen molar-refractivity contribution in [2.75, 3.05) is 30.8 Å². The molecule has 88 valence electrons. The number of anilines is 1. The molecule has 0 fully saturated rings. The van der Waals surface area contributed by atoms with Gasteiger partial charge in [-0.2, -0.15) is 0 Å². The van der Waals surface area contributed by atoms with Crippen molar-refractivity contribution in [2.24, 2.45) is 0 Å². The number of hydrogen-bond acceptors (Lipinski definition) is 3. The van der Waals surface area contributed by atoms with Gasteiger partial charge in [0.25, 0.3) is 0 Å². The SMILES string of the molecule is CNCCN1c2cc(Cl)ccc2SCC1C. The number of halogens is 1. The normalized spacial score (nSPS) is 19.7. The van der Waals surface area contributed by atoms with Crippen LogP contribution in [0.2, 0.25) is 5.02 Å². The minimum Gasteiger partial charge on any atom is -0.366 e. The third kappa shape index (κ3) is 2.47. The van der Waals surface area contributed by atoms with Crippen LogP contribution in [0.3, 0.4) is 0 Å². The lowest BCUT2D eigenvalue weighted by Gasteiger charge is -2.36. The van der Waals surface area contributed by atoms with E-state index in [9.17, 15) is 0 Å². The van der Waals surface area contributed by atoms with E-state index in [1.807, 2.05) is 24.9 Å². The van der Waals surface area contributed by atoms with Crippen molar-refractivity contribution >= 4 is 29.1 Å². The van der Waals surface area contributed by atoms with Crippen molar-refractivity contribution in [3.63, 3.8) is 0 Å². The van der Waals surface area contributed by atoms with Crippen molar-refractivity contribution in [3.05, 3.63) is 23.2 Å². The molecule has 0 radical (unpaired) electrons. The zero-order valence-electron chi connectivity index (χ0n) is 9.66. The molecule has 1 aliphatic rings. The van der Waals surface area contributed by atoms with Crippen LogP contribution in [0.1, 0.15) is 6.92 Å². The molecular formula is C12H17ClN2S. The highest BCUT2D eigenvalue weighted by Gasteiger charge is 2.23. The zero-order chi connectivity index (χ0) is 11.5. The number of fused-ring (bicyclic) bond motifs is 1. The van der Waals surface area contributed by atoms with E-state index in [1.165, 1.54) is 10.6 Å². The highest BCUT2D eigenvalue weighted by molar-refractivity contribution is 7.99. The zero-order valence-corrected chi connectivity index (χ0v) is 11.2. The molecule has 1 unspecified atom stereocenters. The lowest BCUT2D eigenvalue weighted by atomic mass is 10.2. The summed E-state index contributed by atoms with van der Waals surface area (Å²) in [6, 6.07) is 6.75. The van der Waals surface area contributed by atoms with Gasteiger partial charge in [0.2, 0.25) is 0 Å². The smallest absolute Gasteiger partial charge is 0.0522 e. The Balaban J connectivity index is 2.27. The molecule has 16 heavy (non-hydrogen) atoms. The standard InChI is InChI=1S/C12H17ClN2S/c1-9-8-16-12-4-3-10(13)7-11(12)15(9)6-5-14-2/h3-4,7,9,14H,5-6,8H2,1-2H3. The van der Waals surface area contributed by atoms with Crippen LogP contribution in [-0.4, -0.2) is 31.9 Å². The highest BCUT2D eigenvalue weighted by atomic mass is 35.5. The first-order valence-corrected chi connectivity index (χ1v) is 6.92. The van der Waals surface area contributed by atoms with Crippen LogP contribution in [0.5, 0.6) is 0 Å². The van der Waals surface area contributed by atoms with E-state index >= 15 is 0 Å². The molecule has 1 heterocycles. The van der Waals surface area contributed by atoms with Gasteiger partial charge in [0, 0.05) is 34.8 Å². The number of nitrogens with zero attached hydrogens (tertiary/aromatic N) is 1. The second-order valence-electron chi connectivity index (χ2n) is 4.07. The Hall–Kier alpha value is -0.380. The predicted molar refractivity (Wildman–Crippen MR) is 72.9 cm³/mol. The Labute approximate surface area is 106 Å². The minimum absolute atomic E-state index is 0.573. The third-order valence-electron chi connectivity index (χ3n) is 2.85. The molecule has 0 aromatic heterocycles. The van der Waals surface area contributed by atoms with E-state index in [0.717, 1.165) is 23.9 Å². The molecule has 1 aromatic rings. The highest BCUT2D eigenvalue weighted by Crippen LogP contribution is 2.38. The van der Waals surface area contributed by atoms with Gasteiger partial charge in [-0.3, -0.25) is 0 Å². The fourth-order valence-corrected chi connectivity index (χ4v) is 3.20. The molecule has 2 nitrogen and oxygen atoms in total. The minimum atomic E-state index is 0.573. The monoisotopic (exact) mass is 256 g/mol. The molecule has 2 rings (SSSR count). The quantitative estimate of drug-likeness (QED) is 0.895. The molecule has 1 aromatic carbocycles. The van der Waals surface area contributed by atoms with Gasteiger partial charge >= 0.3 is 0 Å².